The van der Waals surface area contributed by atoms with Crippen molar-refractivity contribution >= 4 is 39.3 Å². The molecular weight excluding hydrogens is 324 g/mol. The maximum atomic E-state index is 11.9. The number of anilines is 1. The van der Waals surface area contributed by atoms with Crippen LogP contribution in [0.15, 0.2) is 27.6 Å². The summed E-state index contributed by atoms with van der Waals surface area (Å²) in [7, 11) is 0. The van der Waals surface area contributed by atoms with Gasteiger partial charge in [0.2, 0.25) is 5.91 Å². The van der Waals surface area contributed by atoms with Crippen LogP contribution in [0.25, 0.3) is 0 Å². The van der Waals surface area contributed by atoms with Crippen LogP contribution in [0.5, 0.6) is 0 Å². The van der Waals surface area contributed by atoms with Crippen molar-refractivity contribution in [1.82, 2.24) is 5.32 Å². The zero-order valence-electron chi connectivity index (χ0n) is 11.6. The van der Waals surface area contributed by atoms with Crippen LogP contribution in [0.4, 0.5) is 5.69 Å². The van der Waals surface area contributed by atoms with E-state index in [1.807, 2.05) is 25.1 Å². The van der Waals surface area contributed by atoms with E-state index in [0.717, 1.165) is 22.3 Å². The third kappa shape index (κ3) is 5.87. The van der Waals surface area contributed by atoms with Crippen LogP contribution in [0.3, 0.4) is 0 Å². The number of carbonyl (C=O) groups excluding carboxylic acids is 1. The van der Waals surface area contributed by atoms with E-state index >= 15 is 0 Å². The molecule has 0 saturated carbocycles. The highest BCUT2D eigenvalue weighted by Gasteiger charge is 2.15. The summed E-state index contributed by atoms with van der Waals surface area (Å²) in [6.07, 6.45) is 1.00. The molecule has 1 amide bonds. The van der Waals surface area contributed by atoms with Gasteiger partial charge in [0.05, 0.1) is 5.25 Å². The molecule has 0 bridgehead atoms. The summed E-state index contributed by atoms with van der Waals surface area (Å²) in [4.78, 5) is 12.9. The Bertz CT molecular complexity index is 437. The minimum Gasteiger partial charge on any atom is -0.398 e. The zero-order valence-corrected chi connectivity index (χ0v) is 14.0. The minimum atomic E-state index is -0.143. The van der Waals surface area contributed by atoms with Crippen LogP contribution in [0, 0.1) is 5.92 Å². The average molecular weight is 345 g/mol. The Kier molecular flexibility index (Phi) is 6.72. The molecule has 0 saturated heterocycles. The minimum absolute atomic E-state index is 0.0629. The molecule has 0 radical (unpaired) electrons. The molecule has 1 rings (SSSR count). The molecule has 1 aromatic carbocycles. The van der Waals surface area contributed by atoms with Gasteiger partial charge in [-0.25, -0.2) is 0 Å². The number of nitrogens with one attached hydrogen (secondary N) is 1. The fourth-order valence-corrected chi connectivity index (χ4v) is 2.79. The van der Waals surface area contributed by atoms with Crippen LogP contribution in [-0.4, -0.2) is 17.7 Å². The lowest BCUT2D eigenvalue weighted by atomic mass is 10.1. The van der Waals surface area contributed by atoms with E-state index in [0.29, 0.717) is 11.6 Å². The molecule has 0 aromatic heterocycles. The number of hydrogen-bond acceptors (Lipinski definition) is 3. The van der Waals surface area contributed by atoms with Gasteiger partial charge in [-0.1, -0.05) is 29.8 Å². The Labute approximate surface area is 127 Å². The van der Waals surface area contributed by atoms with E-state index in [1.165, 1.54) is 11.8 Å². The zero-order chi connectivity index (χ0) is 14.4. The summed E-state index contributed by atoms with van der Waals surface area (Å²) in [5, 5.41) is 2.81. The first-order valence-corrected chi connectivity index (χ1v) is 8.06. The summed E-state index contributed by atoms with van der Waals surface area (Å²) < 4.78 is 0.948. The number of amides is 1. The fourth-order valence-electron chi connectivity index (χ4n) is 1.50. The van der Waals surface area contributed by atoms with Crippen molar-refractivity contribution in [3.05, 3.63) is 22.7 Å². The molecule has 0 aliphatic rings. The predicted octanol–water partition coefficient (Wildman–Crippen LogP) is 3.67. The van der Waals surface area contributed by atoms with Crippen molar-refractivity contribution < 1.29 is 4.79 Å². The standard InChI is InChI=1S/C14H21BrN2OS/c1-9(2)6-7-17-14(18)10(3)19-13-5-4-11(15)8-12(13)16/h4-5,8-10H,6-7,16H2,1-3H3,(H,17,18). The molecule has 1 unspecified atom stereocenters. The normalized spacial score (nSPS) is 12.5. The van der Waals surface area contributed by atoms with Crippen molar-refractivity contribution in [3.63, 3.8) is 0 Å². The first kappa shape index (κ1) is 16.4. The second kappa shape index (κ2) is 7.80. The molecule has 1 aromatic rings. The Hall–Kier alpha value is -0.680. The van der Waals surface area contributed by atoms with Crippen LogP contribution in [0.2, 0.25) is 0 Å². The molecule has 19 heavy (non-hydrogen) atoms. The Morgan fingerprint density at radius 2 is 2.11 bits per heavy atom. The smallest absolute Gasteiger partial charge is 0.233 e. The number of thioether (sulfide) groups is 1. The van der Waals surface area contributed by atoms with Gasteiger partial charge in [0, 0.05) is 21.6 Å². The highest BCUT2D eigenvalue weighted by atomic mass is 79.9. The van der Waals surface area contributed by atoms with Gasteiger partial charge in [-0.15, -0.1) is 11.8 Å². The lowest BCUT2D eigenvalue weighted by Crippen LogP contribution is -2.32. The van der Waals surface area contributed by atoms with Gasteiger partial charge in [-0.2, -0.15) is 0 Å². The Morgan fingerprint density at radius 1 is 1.42 bits per heavy atom. The van der Waals surface area contributed by atoms with Gasteiger partial charge in [-0.3, -0.25) is 4.79 Å². The van der Waals surface area contributed by atoms with Gasteiger partial charge < -0.3 is 11.1 Å². The topological polar surface area (TPSA) is 55.1 Å². The van der Waals surface area contributed by atoms with Gasteiger partial charge in [-0.05, 0) is 37.5 Å². The number of carbonyl (C=O) groups is 1. The molecule has 1 atom stereocenters. The number of nitrogen functional groups attached to an aromatic ring is 1. The van der Waals surface area contributed by atoms with E-state index in [1.54, 1.807) is 0 Å². The Balaban J connectivity index is 2.49. The molecule has 3 nitrogen and oxygen atoms in total. The number of nitrogens with two attached hydrogens (primary N) is 1. The monoisotopic (exact) mass is 344 g/mol. The molecule has 0 fully saturated rings. The van der Waals surface area contributed by atoms with Crippen molar-refractivity contribution in [3.8, 4) is 0 Å². The Morgan fingerprint density at radius 3 is 2.68 bits per heavy atom. The number of benzene rings is 1. The van der Waals surface area contributed by atoms with Crippen LogP contribution >= 0.6 is 27.7 Å². The van der Waals surface area contributed by atoms with E-state index in [4.69, 9.17) is 5.73 Å². The molecule has 5 heteroatoms. The second-order valence-corrected chi connectivity index (χ2v) is 7.21. The van der Waals surface area contributed by atoms with Crippen molar-refractivity contribution in [2.45, 2.75) is 37.3 Å². The SMILES string of the molecule is CC(C)CCNC(=O)C(C)Sc1ccc(Br)cc1N. The van der Waals surface area contributed by atoms with Crippen LogP contribution in [0.1, 0.15) is 27.2 Å². The maximum Gasteiger partial charge on any atom is 0.233 e. The number of rotatable bonds is 6. The molecule has 0 aliphatic carbocycles. The summed E-state index contributed by atoms with van der Waals surface area (Å²) >= 11 is 4.86. The summed E-state index contributed by atoms with van der Waals surface area (Å²) in [5.41, 5.74) is 6.62. The van der Waals surface area contributed by atoms with Gasteiger partial charge in [0.1, 0.15) is 0 Å². The second-order valence-electron chi connectivity index (χ2n) is 4.92. The van der Waals surface area contributed by atoms with E-state index in [9.17, 15) is 4.79 Å². The lowest BCUT2D eigenvalue weighted by molar-refractivity contribution is -0.120. The van der Waals surface area contributed by atoms with E-state index in [-0.39, 0.29) is 11.2 Å². The molecule has 0 aliphatic heterocycles. The van der Waals surface area contributed by atoms with Gasteiger partial charge in [0.15, 0.2) is 0 Å². The molecule has 0 heterocycles. The van der Waals surface area contributed by atoms with Gasteiger partial charge in [0.25, 0.3) is 0 Å². The molecule has 0 spiro atoms. The third-order valence-electron chi connectivity index (χ3n) is 2.67. The van der Waals surface area contributed by atoms with Crippen molar-refractivity contribution in [2.24, 2.45) is 5.92 Å². The first-order chi connectivity index (χ1) is 8.90. The quantitative estimate of drug-likeness (QED) is 0.611. The van der Waals surface area contributed by atoms with Crippen molar-refractivity contribution in [1.29, 1.82) is 0 Å². The number of hydrogen-bond donors (Lipinski definition) is 2. The average Bonchev–Trinajstić information content (AvgIpc) is 2.32. The highest BCUT2D eigenvalue weighted by molar-refractivity contribution is 9.10. The molecule has 3 N–H and O–H groups in total. The van der Waals surface area contributed by atoms with Crippen LogP contribution < -0.4 is 11.1 Å². The van der Waals surface area contributed by atoms with Crippen molar-refractivity contribution in [2.75, 3.05) is 12.3 Å². The van der Waals surface area contributed by atoms with E-state index < -0.39 is 0 Å². The lowest BCUT2D eigenvalue weighted by Gasteiger charge is -2.14. The molecular formula is C14H21BrN2OS. The highest BCUT2D eigenvalue weighted by Crippen LogP contribution is 2.30. The summed E-state index contributed by atoms with van der Waals surface area (Å²) in [6, 6.07) is 5.72. The van der Waals surface area contributed by atoms with E-state index in [2.05, 4.69) is 35.1 Å². The summed E-state index contributed by atoms with van der Waals surface area (Å²) in [6.45, 7) is 6.92. The fraction of sp³-hybridized carbons (Fsp3) is 0.500. The third-order valence-corrected chi connectivity index (χ3v) is 4.35. The number of halogens is 1. The summed E-state index contributed by atoms with van der Waals surface area (Å²) in [5.74, 6) is 0.665. The van der Waals surface area contributed by atoms with Crippen LogP contribution in [-0.2, 0) is 4.79 Å². The maximum absolute atomic E-state index is 11.9. The largest absolute Gasteiger partial charge is 0.398 e. The predicted molar refractivity (Wildman–Crippen MR) is 86.3 cm³/mol. The molecule has 106 valence electrons. The first-order valence-electron chi connectivity index (χ1n) is 6.39. The van der Waals surface area contributed by atoms with Gasteiger partial charge >= 0.3 is 0 Å².